The Morgan fingerprint density at radius 3 is 2.28 bits per heavy atom. The number of sulfonamides is 1. The zero-order valence-corrected chi connectivity index (χ0v) is 21.8. The normalized spacial score (nSPS) is 14.4. The average molecular weight is 529 g/mol. The van der Waals surface area contributed by atoms with Gasteiger partial charge in [0.05, 0.1) is 17.2 Å². The van der Waals surface area contributed by atoms with Crippen LogP contribution < -0.4 is 5.32 Å². The third kappa shape index (κ3) is 5.75. The molecule has 1 N–H and O–H groups in total. The molecule has 1 aliphatic heterocycles. The second-order valence-electron chi connectivity index (χ2n) is 8.16. The van der Waals surface area contributed by atoms with Gasteiger partial charge in [0.1, 0.15) is 0 Å². The molecule has 0 bridgehead atoms. The zero-order valence-electron chi connectivity index (χ0n) is 20.1. The molecule has 2 amide bonds. The van der Waals surface area contributed by atoms with E-state index in [-0.39, 0.29) is 43.6 Å². The minimum absolute atomic E-state index is 0.0932. The van der Waals surface area contributed by atoms with Crippen LogP contribution in [0.3, 0.4) is 0 Å². The minimum atomic E-state index is -3.74. The molecule has 0 atom stereocenters. The molecule has 0 unspecified atom stereocenters. The van der Waals surface area contributed by atoms with Gasteiger partial charge in [0.2, 0.25) is 10.0 Å². The number of aryl methyl sites for hydroxylation is 1. The van der Waals surface area contributed by atoms with E-state index in [2.05, 4.69) is 29.4 Å². The number of carbonyl (C=O) groups is 2. The lowest BCUT2D eigenvalue weighted by Gasteiger charge is -2.33. The topological polar surface area (TPSA) is 109 Å². The fourth-order valence-corrected chi connectivity index (χ4v) is 5.93. The molecular formula is C25H28N4O5S2. The van der Waals surface area contributed by atoms with Crippen molar-refractivity contribution in [1.29, 1.82) is 0 Å². The van der Waals surface area contributed by atoms with Gasteiger partial charge in [-0.1, -0.05) is 31.2 Å². The van der Waals surface area contributed by atoms with E-state index in [1.54, 1.807) is 6.92 Å². The largest absolute Gasteiger partial charge is 0.450 e. The molecule has 1 saturated heterocycles. The van der Waals surface area contributed by atoms with E-state index < -0.39 is 16.1 Å². The highest BCUT2D eigenvalue weighted by Gasteiger charge is 2.30. The van der Waals surface area contributed by atoms with Crippen molar-refractivity contribution in [2.24, 2.45) is 0 Å². The number of nitrogens with zero attached hydrogens (tertiary/aromatic N) is 3. The standard InChI is InChI=1S/C25H28N4O5S2/c1-3-18-5-7-19(8-6-18)22-17-35-24(26-22)27-23(30)20-9-11-21(12-10-20)36(32,33)29-15-13-28(14-16-29)25(31)34-4-2/h5-12,17H,3-4,13-16H2,1-2H3,(H,26,27,30). The van der Waals surface area contributed by atoms with Crippen LogP contribution in [-0.4, -0.2) is 67.4 Å². The lowest BCUT2D eigenvalue weighted by Crippen LogP contribution is -2.50. The van der Waals surface area contributed by atoms with Crippen LogP contribution in [0.1, 0.15) is 29.8 Å². The molecule has 2 aromatic carbocycles. The first kappa shape index (κ1) is 25.8. The Morgan fingerprint density at radius 1 is 1.00 bits per heavy atom. The fourth-order valence-electron chi connectivity index (χ4n) is 3.80. The lowest BCUT2D eigenvalue weighted by molar-refractivity contribution is 0.0933. The summed E-state index contributed by atoms with van der Waals surface area (Å²) in [4.78, 5) is 30.6. The molecule has 0 spiro atoms. The van der Waals surface area contributed by atoms with Gasteiger partial charge in [0.25, 0.3) is 5.91 Å². The molecule has 0 aliphatic carbocycles. The maximum Gasteiger partial charge on any atom is 0.409 e. The number of ether oxygens (including phenoxy) is 1. The molecule has 36 heavy (non-hydrogen) atoms. The van der Waals surface area contributed by atoms with Crippen LogP contribution in [0.25, 0.3) is 11.3 Å². The summed E-state index contributed by atoms with van der Waals surface area (Å²) in [5.41, 5.74) is 3.32. The van der Waals surface area contributed by atoms with Gasteiger partial charge >= 0.3 is 6.09 Å². The molecule has 11 heteroatoms. The van der Waals surface area contributed by atoms with E-state index in [9.17, 15) is 18.0 Å². The second-order valence-corrected chi connectivity index (χ2v) is 11.0. The van der Waals surface area contributed by atoms with Crippen molar-refractivity contribution >= 4 is 38.5 Å². The molecule has 190 valence electrons. The Kier molecular flexibility index (Phi) is 8.02. The van der Waals surface area contributed by atoms with E-state index >= 15 is 0 Å². The number of anilines is 1. The molecule has 2 heterocycles. The van der Waals surface area contributed by atoms with Crippen LogP contribution in [-0.2, 0) is 21.2 Å². The van der Waals surface area contributed by atoms with Crippen LogP contribution in [0.5, 0.6) is 0 Å². The highest BCUT2D eigenvalue weighted by atomic mass is 32.2. The van der Waals surface area contributed by atoms with Crippen molar-refractivity contribution < 1.29 is 22.7 Å². The SMILES string of the molecule is CCOC(=O)N1CCN(S(=O)(=O)c2ccc(C(=O)Nc3nc(-c4ccc(CC)cc4)cs3)cc2)CC1. The molecule has 1 aliphatic rings. The molecule has 0 saturated carbocycles. The lowest BCUT2D eigenvalue weighted by atomic mass is 10.1. The van der Waals surface area contributed by atoms with Crippen LogP contribution >= 0.6 is 11.3 Å². The Morgan fingerprint density at radius 2 is 1.67 bits per heavy atom. The van der Waals surface area contributed by atoms with E-state index in [1.165, 1.54) is 50.4 Å². The van der Waals surface area contributed by atoms with Crippen molar-refractivity contribution in [2.75, 3.05) is 38.1 Å². The molecular weight excluding hydrogens is 500 g/mol. The highest BCUT2D eigenvalue weighted by molar-refractivity contribution is 7.89. The number of aromatic nitrogens is 1. The number of piperazine rings is 1. The summed E-state index contributed by atoms with van der Waals surface area (Å²) in [5.74, 6) is -0.371. The third-order valence-electron chi connectivity index (χ3n) is 5.90. The average Bonchev–Trinajstić information content (AvgIpc) is 3.37. The van der Waals surface area contributed by atoms with Crippen molar-refractivity contribution in [3.8, 4) is 11.3 Å². The van der Waals surface area contributed by atoms with Gasteiger partial charge in [-0.2, -0.15) is 4.31 Å². The third-order valence-corrected chi connectivity index (χ3v) is 8.57. The van der Waals surface area contributed by atoms with Gasteiger partial charge in [0.15, 0.2) is 5.13 Å². The first-order chi connectivity index (χ1) is 17.3. The number of benzene rings is 2. The van der Waals surface area contributed by atoms with Gasteiger partial charge in [-0.15, -0.1) is 11.3 Å². The number of rotatable bonds is 7. The number of amides is 2. The Balaban J connectivity index is 1.37. The summed E-state index contributed by atoms with van der Waals surface area (Å²) >= 11 is 1.33. The summed E-state index contributed by atoms with van der Waals surface area (Å²) in [5, 5.41) is 5.12. The summed E-state index contributed by atoms with van der Waals surface area (Å²) in [7, 11) is -3.74. The van der Waals surface area contributed by atoms with Gasteiger partial charge in [-0.3, -0.25) is 10.1 Å². The Hall–Kier alpha value is -3.28. The van der Waals surface area contributed by atoms with Gasteiger partial charge < -0.3 is 9.64 Å². The van der Waals surface area contributed by atoms with E-state index in [1.807, 2.05) is 17.5 Å². The number of hydrogen-bond donors (Lipinski definition) is 1. The molecule has 9 nitrogen and oxygen atoms in total. The van der Waals surface area contributed by atoms with Gasteiger partial charge in [0, 0.05) is 42.7 Å². The van der Waals surface area contributed by atoms with Crippen molar-refractivity contribution in [3.05, 3.63) is 65.0 Å². The van der Waals surface area contributed by atoms with E-state index in [4.69, 9.17) is 4.74 Å². The number of thiazole rings is 1. The second kappa shape index (κ2) is 11.2. The van der Waals surface area contributed by atoms with Gasteiger partial charge in [-0.25, -0.2) is 18.2 Å². The quantitative estimate of drug-likeness (QED) is 0.495. The van der Waals surface area contributed by atoms with Crippen LogP contribution in [0.15, 0.2) is 58.8 Å². The smallest absolute Gasteiger partial charge is 0.409 e. The molecule has 0 radical (unpaired) electrons. The van der Waals surface area contributed by atoms with E-state index in [0.717, 1.165) is 17.7 Å². The predicted octanol–water partition coefficient (Wildman–Crippen LogP) is 4.09. The number of nitrogens with one attached hydrogen (secondary N) is 1. The zero-order chi connectivity index (χ0) is 25.7. The van der Waals surface area contributed by atoms with E-state index in [0.29, 0.717) is 10.7 Å². The summed E-state index contributed by atoms with van der Waals surface area (Å²) < 4.78 is 32.4. The van der Waals surface area contributed by atoms with Crippen LogP contribution in [0.4, 0.5) is 9.93 Å². The monoisotopic (exact) mass is 528 g/mol. The number of carbonyl (C=O) groups excluding carboxylic acids is 2. The maximum absolute atomic E-state index is 13.0. The first-order valence-corrected chi connectivity index (χ1v) is 14.0. The molecule has 1 fully saturated rings. The Bertz CT molecular complexity index is 1310. The molecule has 1 aromatic heterocycles. The van der Waals surface area contributed by atoms with Crippen molar-refractivity contribution in [1.82, 2.24) is 14.2 Å². The van der Waals surface area contributed by atoms with Crippen molar-refractivity contribution in [2.45, 2.75) is 25.2 Å². The summed E-state index contributed by atoms with van der Waals surface area (Å²) in [6, 6.07) is 13.9. The van der Waals surface area contributed by atoms with Gasteiger partial charge in [-0.05, 0) is 43.2 Å². The van der Waals surface area contributed by atoms with Crippen molar-refractivity contribution in [3.63, 3.8) is 0 Å². The maximum atomic E-state index is 13.0. The highest BCUT2D eigenvalue weighted by Crippen LogP contribution is 2.26. The summed E-state index contributed by atoms with van der Waals surface area (Å²) in [6.45, 7) is 4.97. The molecule has 4 rings (SSSR count). The number of hydrogen-bond acceptors (Lipinski definition) is 7. The first-order valence-electron chi connectivity index (χ1n) is 11.7. The van der Waals surface area contributed by atoms with Crippen LogP contribution in [0.2, 0.25) is 0 Å². The Labute approximate surface area is 214 Å². The van der Waals surface area contributed by atoms with Crippen LogP contribution in [0, 0.1) is 0 Å². The predicted molar refractivity (Wildman–Crippen MR) is 139 cm³/mol. The fraction of sp³-hybridized carbons (Fsp3) is 0.320. The molecule has 3 aromatic rings. The summed E-state index contributed by atoms with van der Waals surface area (Å²) in [6.07, 6.45) is 0.525. The minimum Gasteiger partial charge on any atom is -0.450 e.